The van der Waals surface area contributed by atoms with Crippen molar-refractivity contribution in [1.82, 2.24) is 9.97 Å². The summed E-state index contributed by atoms with van der Waals surface area (Å²) < 4.78 is 0. The van der Waals surface area contributed by atoms with Crippen LogP contribution in [-0.2, 0) is 11.4 Å². The Hall–Kier alpha value is -9.98. The molecule has 0 saturated carbocycles. The van der Waals surface area contributed by atoms with Gasteiger partial charge in [-0.15, -0.1) is 10.2 Å². The molecule has 1 aliphatic carbocycles. The van der Waals surface area contributed by atoms with Gasteiger partial charge in [-0.3, -0.25) is 19.9 Å². The molecule has 2 heterocycles. The van der Waals surface area contributed by atoms with Crippen molar-refractivity contribution in [2.24, 2.45) is 20.5 Å². The van der Waals surface area contributed by atoms with Gasteiger partial charge in [0.15, 0.2) is 11.5 Å². The lowest BCUT2D eigenvalue weighted by Crippen LogP contribution is -2.13. The molecule has 2 aromatic heterocycles. The molecule has 0 unspecified atom stereocenters. The van der Waals surface area contributed by atoms with E-state index in [0.29, 0.717) is 55.5 Å². The molecule has 1 amide bonds. The number of amides is 1. The first-order valence-corrected chi connectivity index (χ1v) is 23.6. The van der Waals surface area contributed by atoms with E-state index < -0.39 is 5.91 Å². The molecule has 0 spiro atoms. The van der Waals surface area contributed by atoms with Gasteiger partial charge in [-0.05, 0) is 101 Å². The van der Waals surface area contributed by atoms with E-state index in [2.05, 4.69) is 42.2 Å². The molecule has 13 rings (SSSR count). The van der Waals surface area contributed by atoms with E-state index in [9.17, 15) is 19.8 Å². The number of fused-ring (bicyclic) bond motifs is 13. The fourth-order valence-corrected chi connectivity index (χ4v) is 10.1. The number of aromatic nitrogens is 2. The maximum Gasteiger partial charge on any atom is 0.259 e. The predicted octanol–water partition coefficient (Wildman–Crippen LogP) is 15.8. The number of anilines is 2. The van der Waals surface area contributed by atoms with Crippen molar-refractivity contribution >= 4 is 111 Å². The molecule has 6 N–H and O–H groups in total. The van der Waals surface area contributed by atoms with Crippen molar-refractivity contribution in [2.45, 2.75) is 13.5 Å². The average molecular weight is 953 g/mol. The first-order chi connectivity index (χ1) is 35.8. The number of aromatic amines is 2. The first kappa shape index (κ1) is 43.1. The Morgan fingerprint density at radius 3 is 1.71 bits per heavy atom. The second-order valence-corrected chi connectivity index (χ2v) is 18.1. The lowest BCUT2D eigenvalue weighted by molar-refractivity contribution is 0.102. The van der Waals surface area contributed by atoms with E-state index in [-0.39, 0.29) is 40.8 Å². The van der Waals surface area contributed by atoms with E-state index in [1.165, 1.54) is 0 Å². The molecule has 0 aliphatic heterocycles. The van der Waals surface area contributed by atoms with Crippen molar-refractivity contribution in [3.8, 4) is 22.6 Å². The van der Waals surface area contributed by atoms with Gasteiger partial charge in [0.2, 0.25) is 0 Å². The quantitative estimate of drug-likeness (QED) is 0.0584. The minimum Gasteiger partial charge on any atom is -0.505 e. The Labute approximate surface area is 415 Å². The number of H-pyrrole nitrogens is 2. The number of phenols is 2. The number of carbonyl (C=O) groups is 2. The lowest BCUT2D eigenvalue weighted by Gasteiger charge is -2.13. The number of rotatable bonds is 10. The number of nitrogens with one attached hydrogen (secondary N) is 4. The molecule has 0 radical (unpaired) electrons. The third kappa shape index (κ3) is 7.29. The van der Waals surface area contributed by atoms with Crippen LogP contribution in [0.4, 0.5) is 34.1 Å². The number of azo groups is 2. The summed E-state index contributed by atoms with van der Waals surface area (Å²) in [5.74, 6) is -1.17. The minimum atomic E-state index is -0.506. The fourth-order valence-electron chi connectivity index (χ4n) is 10.1. The normalized spacial score (nSPS) is 12.4. The summed E-state index contributed by atoms with van der Waals surface area (Å²) in [6.45, 7) is 1.92. The van der Waals surface area contributed by atoms with Crippen LogP contribution in [0.25, 0.3) is 76.3 Å². The summed E-state index contributed by atoms with van der Waals surface area (Å²) in [5.41, 5.74) is 12.5. The summed E-state index contributed by atoms with van der Waals surface area (Å²) in [7, 11) is 0. The molecular formula is C60H40N8O5. The van der Waals surface area contributed by atoms with Crippen LogP contribution >= 0.6 is 0 Å². The first-order valence-electron chi connectivity index (χ1n) is 23.6. The molecule has 13 heteroatoms. The summed E-state index contributed by atoms with van der Waals surface area (Å²) in [6.07, 6.45) is 0. The number of nitrogens with zero attached hydrogens (tertiary/aromatic N) is 4. The van der Waals surface area contributed by atoms with Crippen LogP contribution in [0.2, 0.25) is 0 Å². The van der Waals surface area contributed by atoms with Gasteiger partial charge in [0.1, 0.15) is 23.7 Å². The zero-order valence-corrected chi connectivity index (χ0v) is 38.9. The highest BCUT2D eigenvalue weighted by Crippen LogP contribution is 2.47. The molecule has 0 atom stereocenters. The predicted molar refractivity (Wildman–Crippen MR) is 288 cm³/mol. The molecule has 73 heavy (non-hydrogen) atoms. The maximum absolute atomic E-state index is 14.3. The van der Waals surface area contributed by atoms with Crippen LogP contribution < -0.4 is 10.8 Å². The topological polar surface area (TPSA) is 189 Å². The zero-order valence-electron chi connectivity index (χ0n) is 38.9. The Morgan fingerprint density at radius 2 is 1.10 bits per heavy atom. The van der Waals surface area contributed by atoms with Crippen molar-refractivity contribution in [2.75, 3.05) is 10.8 Å². The highest BCUT2D eigenvalue weighted by molar-refractivity contribution is 6.24. The number of para-hydroxylation sites is 4. The van der Waals surface area contributed by atoms with E-state index in [1.807, 2.05) is 140 Å². The van der Waals surface area contributed by atoms with Crippen LogP contribution in [0.1, 0.15) is 37.4 Å². The molecule has 10 aromatic carbocycles. The molecule has 13 nitrogen and oxygen atoms in total. The Balaban J connectivity index is 0.847. The highest BCUT2D eigenvalue weighted by atomic mass is 16.6. The molecule has 0 fully saturated rings. The standard InChI is InChI=1S/C60H40N8O5/c1-32-11-5-8-16-48(32)63-60(72)47-28-34-20-24-44-42-15-7-10-18-50(42)62-54(44)52(34)56(59(47)71)67-65-38-22-26-40-39-25-21-37(29-45(39)58(70)46(40)30-38)64-66-55-51-33(19-23-43-41-14-6-9-17-49(41)61-53(43)51)27-35(57(55)69)31-73-68-36-12-3-2-4-13-36/h2-30,61-62,68-69,71H,31H2,1H3,(H,63,72). The van der Waals surface area contributed by atoms with E-state index in [0.717, 1.165) is 65.8 Å². The van der Waals surface area contributed by atoms with Gasteiger partial charge in [-0.1, -0.05) is 109 Å². The molecule has 350 valence electrons. The van der Waals surface area contributed by atoms with Crippen molar-refractivity contribution < 1.29 is 24.6 Å². The number of aromatic hydroxyl groups is 2. The summed E-state index contributed by atoms with van der Waals surface area (Å²) in [5, 5.41) is 52.1. The van der Waals surface area contributed by atoms with E-state index in [4.69, 9.17) is 9.95 Å². The number of carbonyl (C=O) groups excluding carboxylic acids is 2. The molecule has 0 saturated heterocycles. The van der Waals surface area contributed by atoms with E-state index >= 15 is 0 Å². The number of hydrogen-bond acceptors (Lipinski definition) is 10. The van der Waals surface area contributed by atoms with Gasteiger partial charge in [0.25, 0.3) is 5.91 Å². The highest BCUT2D eigenvalue weighted by Gasteiger charge is 2.28. The van der Waals surface area contributed by atoms with Gasteiger partial charge in [0, 0.05) is 65.7 Å². The SMILES string of the molecule is Cc1ccccc1NC(=O)c1cc2ccc3c4ccccc4[nH]c3c2c(N=Nc2ccc3c(c2)C(=O)c2cc(N=Nc4c(O)c(CONc5ccccc5)cc5ccc6c7ccccc7[nH]c6c45)ccc2-3)c1O. The molecule has 12 aromatic rings. The third-order valence-corrected chi connectivity index (χ3v) is 13.7. The van der Waals surface area contributed by atoms with Gasteiger partial charge in [-0.25, -0.2) is 0 Å². The second kappa shape index (κ2) is 17.2. The van der Waals surface area contributed by atoms with Crippen LogP contribution in [0.5, 0.6) is 11.5 Å². The van der Waals surface area contributed by atoms with E-state index in [1.54, 1.807) is 36.4 Å². The van der Waals surface area contributed by atoms with Crippen molar-refractivity contribution in [3.63, 3.8) is 0 Å². The number of phenolic OH excluding ortho intramolecular Hbond substituents is 2. The summed E-state index contributed by atoms with van der Waals surface area (Å²) in [6, 6.07) is 54.9. The summed E-state index contributed by atoms with van der Waals surface area (Å²) in [4.78, 5) is 41.1. The summed E-state index contributed by atoms with van der Waals surface area (Å²) >= 11 is 0. The smallest absolute Gasteiger partial charge is 0.259 e. The van der Waals surface area contributed by atoms with Gasteiger partial charge in [0.05, 0.1) is 33.7 Å². The zero-order chi connectivity index (χ0) is 49.3. The number of benzene rings is 10. The number of aryl methyl sites for hydroxylation is 1. The average Bonchev–Trinajstić information content (AvgIpc) is 4.08. The van der Waals surface area contributed by atoms with Crippen LogP contribution in [0.15, 0.2) is 196 Å². The Bertz CT molecular complexity index is 4370. The second-order valence-electron chi connectivity index (χ2n) is 18.1. The molecule has 0 bridgehead atoms. The number of ketones is 1. The van der Waals surface area contributed by atoms with Crippen LogP contribution in [0.3, 0.4) is 0 Å². The monoisotopic (exact) mass is 952 g/mol. The maximum atomic E-state index is 14.3. The van der Waals surface area contributed by atoms with Crippen molar-refractivity contribution in [3.05, 3.63) is 204 Å². The molecule has 1 aliphatic rings. The van der Waals surface area contributed by atoms with Crippen LogP contribution in [0, 0.1) is 6.92 Å². The Kier molecular flexibility index (Phi) is 10.1. The fraction of sp³-hybridized carbons (Fsp3) is 0.0333. The van der Waals surface area contributed by atoms with Crippen LogP contribution in [-0.4, -0.2) is 31.9 Å². The lowest BCUT2D eigenvalue weighted by atomic mass is 10.00. The minimum absolute atomic E-state index is 0.0279. The van der Waals surface area contributed by atoms with Gasteiger partial charge in [-0.2, -0.15) is 10.2 Å². The van der Waals surface area contributed by atoms with Crippen molar-refractivity contribution in [1.29, 1.82) is 0 Å². The van der Waals surface area contributed by atoms with Gasteiger partial charge < -0.3 is 25.5 Å². The third-order valence-electron chi connectivity index (χ3n) is 13.7. The Morgan fingerprint density at radius 1 is 0.548 bits per heavy atom. The van der Waals surface area contributed by atoms with Gasteiger partial charge >= 0.3 is 0 Å². The molecular weight excluding hydrogens is 913 g/mol. The largest absolute Gasteiger partial charge is 0.505 e. The number of hydrogen-bond donors (Lipinski definition) is 6.